The Bertz CT molecular complexity index is 390. The Balaban J connectivity index is 1.76. The van der Waals surface area contributed by atoms with Gasteiger partial charge in [0, 0.05) is 32.1 Å². The topological polar surface area (TPSA) is 78.5 Å². The number of hydrazine groups is 1. The van der Waals surface area contributed by atoms with Gasteiger partial charge in [-0.25, -0.2) is 13.4 Å². The quantitative estimate of drug-likeness (QED) is 0.711. The summed E-state index contributed by atoms with van der Waals surface area (Å²) in [6.45, 7) is 2.23. The Kier molecular flexibility index (Phi) is 4.58. The van der Waals surface area contributed by atoms with Crippen molar-refractivity contribution in [1.29, 1.82) is 0 Å². The van der Waals surface area contributed by atoms with E-state index in [4.69, 9.17) is 0 Å². The summed E-state index contributed by atoms with van der Waals surface area (Å²) in [5.74, 6) is 0.156. The molecule has 104 valence electrons. The summed E-state index contributed by atoms with van der Waals surface area (Å²) in [6.07, 6.45) is 3.66. The summed E-state index contributed by atoms with van der Waals surface area (Å²) in [5, 5.41) is 5.02. The molecule has 2 saturated heterocycles. The number of sulfone groups is 1. The zero-order valence-corrected chi connectivity index (χ0v) is 11.3. The summed E-state index contributed by atoms with van der Waals surface area (Å²) >= 11 is 0. The maximum atomic E-state index is 11.8. The summed E-state index contributed by atoms with van der Waals surface area (Å²) < 4.78 is 22.9. The molecule has 1 unspecified atom stereocenters. The first-order valence-corrected chi connectivity index (χ1v) is 8.35. The van der Waals surface area contributed by atoms with E-state index in [0.717, 1.165) is 25.9 Å². The van der Waals surface area contributed by atoms with Gasteiger partial charge in [0.15, 0.2) is 9.84 Å². The van der Waals surface area contributed by atoms with Gasteiger partial charge in [0.2, 0.25) is 5.91 Å². The third-order valence-corrected chi connectivity index (χ3v) is 5.11. The van der Waals surface area contributed by atoms with Crippen molar-refractivity contribution in [2.45, 2.75) is 31.7 Å². The van der Waals surface area contributed by atoms with E-state index >= 15 is 0 Å². The molecule has 0 saturated carbocycles. The predicted molar refractivity (Wildman–Crippen MR) is 68.6 cm³/mol. The van der Waals surface area contributed by atoms with E-state index in [9.17, 15) is 13.2 Å². The average molecular weight is 275 g/mol. The highest BCUT2D eigenvalue weighted by atomic mass is 32.2. The molecular formula is C11H21N3O3S. The summed E-state index contributed by atoms with van der Waals surface area (Å²) in [6, 6.07) is -0.242. The normalized spacial score (nSPS) is 28.8. The number of amides is 1. The minimum Gasteiger partial charge on any atom is -0.311 e. The van der Waals surface area contributed by atoms with E-state index in [1.165, 1.54) is 6.42 Å². The van der Waals surface area contributed by atoms with Gasteiger partial charge in [0.05, 0.1) is 11.5 Å². The van der Waals surface area contributed by atoms with Crippen LogP contribution in [-0.4, -0.2) is 56.5 Å². The number of rotatable bonds is 3. The maximum absolute atomic E-state index is 11.8. The number of nitrogens with one attached hydrogen (secondary N) is 2. The molecule has 1 amide bonds. The highest BCUT2D eigenvalue weighted by Gasteiger charge is 2.26. The fraction of sp³-hybridized carbons (Fsp3) is 0.909. The zero-order chi connectivity index (χ0) is 13.0. The molecule has 1 atom stereocenters. The van der Waals surface area contributed by atoms with Gasteiger partial charge >= 0.3 is 0 Å². The lowest BCUT2D eigenvalue weighted by Gasteiger charge is -2.28. The predicted octanol–water partition coefficient (Wildman–Crippen LogP) is -0.720. The van der Waals surface area contributed by atoms with Crippen LogP contribution < -0.4 is 10.7 Å². The Morgan fingerprint density at radius 2 is 2.00 bits per heavy atom. The van der Waals surface area contributed by atoms with Gasteiger partial charge in [0.1, 0.15) is 0 Å². The molecule has 0 aliphatic carbocycles. The Hall–Kier alpha value is -0.660. The first kappa shape index (κ1) is 13.8. The second-order valence-electron chi connectivity index (χ2n) is 5.05. The van der Waals surface area contributed by atoms with E-state index in [-0.39, 0.29) is 29.9 Å². The van der Waals surface area contributed by atoms with E-state index in [1.807, 2.05) is 5.01 Å². The van der Waals surface area contributed by atoms with Crippen LogP contribution in [0, 0.1) is 0 Å². The fourth-order valence-electron chi connectivity index (χ4n) is 2.45. The number of carbonyl (C=O) groups is 1. The van der Waals surface area contributed by atoms with E-state index in [2.05, 4.69) is 10.7 Å². The molecular weight excluding hydrogens is 254 g/mol. The molecule has 2 heterocycles. The van der Waals surface area contributed by atoms with Crippen molar-refractivity contribution in [1.82, 2.24) is 15.8 Å². The second-order valence-corrected chi connectivity index (χ2v) is 7.28. The Morgan fingerprint density at radius 1 is 1.28 bits per heavy atom. The molecule has 0 bridgehead atoms. The molecule has 0 radical (unpaired) electrons. The van der Waals surface area contributed by atoms with Crippen LogP contribution in [-0.2, 0) is 14.6 Å². The van der Waals surface area contributed by atoms with Crippen molar-refractivity contribution in [3.8, 4) is 0 Å². The molecule has 2 aliphatic rings. The van der Waals surface area contributed by atoms with Gasteiger partial charge < -0.3 is 5.32 Å². The van der Waals surface area contributed by atoms with Crippen molar-refractivity contribution in [2.75, 3.05) is 31.1 Å². The minimum atomic E-state index is -2.97. The molecule has 6 nitrogen and oxygen atoms in total. The minimum absolute atomic E-state index is 0.0699. The highest BCUT2D eigenvalue weighted by molar-refractivity contribution is 7.91. The third-order valence-electron chi connectivity index (χ3n) is 3.37. The van der Waals surface area contributed by atoms with Gasteiger partial charge in [-0.1, -0.05) is 6.42 Å². The lowest BCUT2D eigenvalue weighted by molar-refractivity contribution is -0.126. The van der Waals surface area contributed by atoms with Crippen LogP contribution in [0.25, 0.3) is 0 Å². The van der Waals surface area contributed by atoms with Gasteiger partial charge in [-0.15, -0.1) is 0 Å². The summed E-state index contributed by atoms with van der Waals surface area (Å²) in [4.78, 5) is 11.8. The third kappa shape index (κ3) is 4.22. The lowest BCUT2D eigenvalue weighted by Crippen LogP contribution is -2.50. The molecule has 18 heavy (non-hydrogen) atoms. The smallest absolute Gasteiger partial charge is 0.235 e. The van der Waals surface area contributed by atoms with E-state index < -0.39 is 9.84 Å². The summed E-state index contributed by atoms with van der Waals surface area (Å²) in [7, 11) is -2.97. The number of carbonyl (C=O) groups excluding carboxylic acids is 1. The first-order chi connectivity index (χ1) is 8.55. The van der Waals surface area contributed by atoms with Crippen molar-refractivity contribution in [2.24, 2.45) is 0 Å². The SMILES string of the molecule is O=C(CC1CS(=O)(=O)CCN1)NN1CCCCC1. The van der Waals surface area contributed by atoms with Gasteiger partial charge in [-0.05, 0) is 12.8 Å². The van der Waals surface area contributed by atoms with Crippen molar-refractivity contribution in [3.05, 3.63) is 0 Å². The maximum Gasteiger partial charge on any atom is 0.235 e. The first-order valence-electron chi connectivity index (χ1n) is 6.53. The highest BCUT2D eigenvalue weighted by Crippen LogP contribution is 2.08. The average Bonchev–Trinajstić information content (AvgIpc) is 2.28. The second kappa shape index (κ2) is 5.99. The zero-order valence-electron chi connectivity index (χ0n) is 10.5. The monoisotopic (exact) mass is 275 g/mol. The number of nitrogens with zero attached hydrogens (tertiary/aromatic N) is 1. The molecule has 2 aliphatic heterocycles. The van der Waals surface area contributed by atoms with Crippen LogP contribution in [0.4, 0.5) is 0 Å². The van der Waals surface area contributed by atoms with Gasteiger partial charge in [-0.2, -0.15) is 0 Å². The Morgan fingerprint density at radius 3 is 2.67 bits per heavy atom. The van der Waals surface area contributed by atoms with Crippen LogP contribution in [0.2, 0.25) is 0 Å². The molecule has 2 rings (SSSR count). The van der Waals surface area contributed by atoms with Crippen LogP contribution >= 0.6 is 0 Å². The van der Waals surface area contributed by atoms with Crippen molar-refractivity contribution < 1.29 is 13.2 Å². The van der Waals surface area contributed by atoms with Crippen LogP contribution in [0.3, 0.4) is 0 Å². The fourth-order valence-corrected chi connectivity index (χ4v) is 3.89. The standard InChI is InChI=1S/C11H21N3O3S/c15-11(13-14-5-2-1-3-6-14)8-10-9-18(16,17)7-4-12-10/h10,12H,1-9H2,(H,13,15). The van der Waals surface area contributed by atoms with Crippen LogP contribution in [0.1, 0.15) is 25.7 Å². The molecule has 7 heteroatoms. The number of piperidine rings is 1. The summed E-state index contributed by atoms with van der Waals surface area (Å²) in [5.41, 5.74) is 2.85. The molecule has 0 spiro atoms. The van der Waals surface area contributed by atoms with Gasteiger partial charge in [0.25, 0.3) is 0 Å². The lowest BCUT2D eigenvalue weighted by atomic mass is 10.2. The molecule has 2 fully saturated rings. The van der Waals surface area contributed by atoms with Crippen LogP contribution in [0.5, 0.6) is 0 Å². The van der Waals surface area contributed by atoms with Crippen molar-refractivity contribution >= 4 is 15.7 Å². The molecule has 0 aromatic carbocycles. The molecule has 2 N–H and O–H groups in total. The van der Waals surface area contributed by atoms with Crippen molar-refractivity contribution in [3.63, 3.8) is 0 Å². The van der Waals surface area contributed by atoms with Crippen LogP contribution in [0.15, 0.2) is 0 Å². The number of hydrogen-bond donors (Lipinski definition) is 2. The molecule has 0 aromatic heterocycles. The van der Waals surface area contributed by atoms with Gasteiger partial charge in [-0.3, -0.25) is 10.2 Å². The Labute approximate surface area is 108 Å². The number of hydrogen-bond acceptors (Lipinski definition) is 5. The largest absolute Gasteiger partial charge is 0.311 e. The van der Waals surface area contributed by atoms with E-state index in [1.54, 1.807) is 0 Å². The van der Waals surface area contributed by atoms with E-state index in [0.29, 0.717) is 6.54 Å². The molecule has 0 aromatic rings.